The Labute approximate surface area is 128 Å². The van der Waals surface area contributed by atoms with Crippen molar-refractivity contribution in [3.63, 3.8) is 0 Å². The van der Waals surface area contributed by atoms with E-state index in [1.165, 1.54) is 0 Å². The van der Waals surface area contributed by atoms with E-state index in [1.807, 2.05) is 12.1 Å². The van der Waals surface area contributed by atoms with Crippen LogP contribution in [0, 0.1) is 11.3 Å². The van der Waals surface area contributed by atoms with Crippen molar-refractivity contribution in [2.45, 2.75) is 20.3 Å². The lowest BCUT2D eigenvalue weighted by Gasteiger charge is -2.34. The molecule has 0 aromatic heterocycles. The molecule has 1 aliphatic rings. The van der Waals surface area contributed by atoms with Crippen LogP contribution in [0.1, 0.15) is 20.3 Å². The molecular weight excluding hydrogens is 264 g/mol. The second kappa shape index (κ2) is 7.14. The molecular formula is C17H28N2O2. The highest BCUT2D eigenvalue weighted by Gasteiger charge is 2.35. The SMILES string of the molecule is CC(C)CNCC1(CN(C)c2ccc(O)cc2)CCOC1. The van der Waals surface area contributed by atoms with Gasteiger partial charge in [-0.2, -0.15) is 0 Å². The first-order chi connectivity index (χ1) is 10.0. The Morgan fingerprint density at radius 2 is 2.05 bits per heavy atom. The first kappa shape index (κ1) is 16.1. The molecule has 1 atom stereocenters. The molecule has 1 aromatic rings. The van der Waals surface area contributed by atoms with Gasteiger partial charge in [0, 0.05) is 37.8 Å². The van der Waals surface area contributed by atoms with Crippen molar-refractivity contribution >= 4 is 5.69 Å². The molecule has 1 saturated heterocycles. The molecule has 1 aromatic carbocycles. The van der Waals surface area contributed by atoms with E-state index in [-0.39, 0.29) is 5.41 Å². The molecule has 0 saturated carbocycles. The molecule has 21 heavy (non-hydrogen) atoms. The minimum Gasteiger partial charge on any atom is -0.508 e. The minimum atomic E-state index is 0.182. The summed E-state index contributed by atoms with van der Waals surface area (Å²) in [7, 11) is 2.11. The zero-order valence-electron chi connectivity index (χ0n) is 13.4. The lowest BCUT2D eigenvalue weighted by Crippen LogP contribution is -2.44. The topological polar surface area (TPSA) is 44.7 Å². The number of benzene rings is 1. The van der Waals surface area contributed by atoms with Crippen LogP contribution in [0.3, 0.4) is 0 Å². The molecule has 4 nitrogen and oxygen atoms in total. The molecule has 1 fully saturated rings. The van der Waals surface area contributed by atoms with Gasteiger partial charge in [-0.25, -0.2) is 0 Å². The number of rotatable bonds is 7. The highest BCUT2D eigenvalue weighted by molar-refractivity contribution is 5.48. The summed E-state index contributed by atoms with van der Waals surface area (Å²) in [6, 6.07) is 7.39. The van der Waals surface area contributed by atoms with Gasteiger partial charge in [-0.05, 0) is 43.1 Å². The molecule has 0 bridgehead atoms. The van der Waals surface area contributed by atoms with Crippen LogP contribution >= 0.6 is 0 Å². The second-order valence-electron chi connectivity index (χ2n) is 6.70. The first-order valence-electron chi connectivity index (χ1n) is 7.79. The van der Waals surface area contributed by atoms with Gasteiger partial charge in [-0.15, -0.1) is 0 Å². The van der Waals surface area contributed by atoms with Gasteiger partial charge in [-0.3, -0.25) is 0 Å². The van der Waals surface area contributed by atoms with Crippen LogP contribution in [0.5, 0.6) is 5.75 Å². The third kappa shape index (κ3) is 4.61. The molecule has 0 aliphatic carbocycles. The molecule has 1 aliphatic heterocycles. The van der Waals surface area contributed by atoms with E-state index in [9.17, 15) is 5.11 Å². The van der Waals surface area contributed by atoms with Gasteiger partial charge in [0.1, 0.15) is 5.75 Å². The predicted molar refractivity (Wildman–Crippen MR) is 87.0 cm³/mol. The van der Waals surface area contributed by atoms with Crippen molar-refractivity contribution in [3.8, 4) is 5.75 Å². The third-order valence-corrected chi connectivity index (χ3v) is 4.10. The van der Waals surface area contributed by atoms with E-state index in [4.69, 9.17) is 4.74 Å². The Morgan fingerprint density at radius 1 is 1.33 bits per heavy atom. The summed E-state index contributed by atoms with van der Waals surface area (Å²) in [5.41, 5.74) is 1.31. The maximum Gasteiger partial charge on any atom is 0.115 e. The monoisotopic (exact) mass is 292 g/mol. The zero-order valence-corrected chi connectivity index (χ0v) is 13.4. The summed E-state index contributed by atoms with van der Waals surface area (Å²) < 4.78 is 5.67. The quantitative estimate of drug-likeness (QED) is 0.810. The minimum absolute atomic E-state index is 0.182. The van der Waals surface area contributed by atoms with Gasteiger partial charge in [0.2, 0.25) is 0 Å². The molecule has 1 unspecified atom stereocenters. The van der Waals surface area contributed by atoms with E-state index in [2.05, 4.69) is 31.1 Å². The highest BCUT2D eigenvalue weighted by Crippen LogP contribution is 2.30. The lowest BCUT2D eigenvalue weighted by molar-refractivity contribution is 0.152. The Morgan fingerprint density at radius 3 is 2.62 bits per heavy atom. The van der Waals surface area contributed by atoms with Gasteiger partial charge < -0.3 is 20.1 Å². The number of hydrogen-bond acceptors (Lipinski definition) is 4. The van der Waals surface area contributed by atoms with E-state index < -0.39 is 0 Å². The summed E-state index contributed by atoms with van der Waals surface area (Å²) in [5.74, 6) is 0.976. The maximum atomic E-state index is 9.39. The molecule has 4 heteroatoms. The van der Waals surface area contributed by atoms with Crippen LogP contribution < -0.4 is 10.2 Å². The summed E-state index contributed by atoms with van der Waals surface area (Å²) in [6.07, 6.45) is 1.10. The number of nitrogens with one attached hydrogen (secondary N) is 1. The van der Waals surface area contributed by atoms with Crippen LogP contribution in [0.4, 0.5) is 5.69 Å². The van der Waals surface area contributed by atoms with Crippen LogP contribution in [0.2, 0.25) is 0 Å². The molecule has 0 amide bonds. The number of nitrogens with zero attached hydrogens (tertiary/aromatic N) is 1. The number of aromatic hydroxyl groups is 1. The van der Waals surface area contributed by atoms with Crippen molar-refractivity contribution in [1.82, 2.24) is 5.32 Å². The molecule has 0 spiro atoms. The summed E-state index contributed by atoms with van der Waals surface area (Å²) >= 11 is 0. The Hall–Kier alpha value is -1.26. The summed E-state index contributed by atoms with van der Waals surface area (Å²) in [6.45, 7) is 9.13. The van der Waals surface area contributed by atoms with Crippen molar-refractivity contribution in [2.24, 2.45) is 11.3 Å². The van der Waals surface area contributed by atoms with Gasteiger partial charge >= 0.3 is 0 Å². The summed E-state index contributed by atoms with van der Waals surface area (Å²) in [5, 5.41) is 13.0. The molecule has 2 rings (SSSR count). The summed E-state index contributed by atoms with van der Waals surface area (Å²) in [4.78, 5) is 2.26. The van der Waals surface area contributed by atoms with E-state index in [0.717, 1.165) is 45.0 Å². The average Bonchev–Trinajstić information content (AvgIpc) is 2.87. The van der Waals surface area contributed by atoms with Gasteiger partial charge in [0.25, 0.3) is 0 Å². The molecule has 1 heterocycles. The molecule has 118 valence electrons. The Kier molecular flexibility index (Phi) is 5.48. The normalized spacial score (nSPS) is 21.9. The number of phenolic OH excluding ortho intramolecular Hbond substituents is 1. The van der Waals surface area contributed by atoms with Crippen LogP contribution in [0.25, 0.3) is 0 Å². The lowest BCUT2D eigenvalue weighted by atomic mass is 9.86. The largest absolute Gasteiger partial charge is 0.508 e. The van der Waals surface area contributed by atoms with Gasteiger partial charge in [0.15, 0.2) is 0 Å². The fourth-order valence-corrected chi connectivity index (χ4v) is 2.90. The molecule has 2 N–H and O–H groups in total. The van der Waals surface area contributed by atoms with E-state index in [0.29, 0.717) is 11.7 Å². The third-order valence-electron chi connectivity index (χ3n) is 4.10. The first-order valence-corrected chi connectivity index (χ1v) is 7.79. The number of phenols is 1. The zero-order chi connectivity index (χ0) is 15.3. The van der Waals surface area contributed by atoms with E-state index in [1.54, 1.807) is 12.1 Å². The smallest absolute Gasteiger partial charge is 0.115 e. The van der Waals surface area contributed by atoms with Crippen LogP contribution in [-0.4, -0.2) is 45.0 Å². The Balaban J connectivity index is 1.96. The fourth-order valence-electron chi connectivity index (χ4n) is 2.90. The number of anilines is 1. The van der Waals surface area contributed by atoms with E-state index >= 15 is 0 Å². The maximum absolute atomic E-state index is 9.39. The standard InChI is InChI=1S/C17H28N2O2/c1-14(2)10-18-11-17(8-9-21-13-17)12-19(3)15-4-6-16(20)7-5-15/h4-7,14,18,20H,8-13H2,1-3H3. The van der Waals surface area contributed by atoms with Crippen LogP contribution in [0.15, 0.2) is 24.3 Å². The number of hydrogen-bond donors (Lipinski definition) is 2. The van der Waals surface area contributed by atoms with Gasteiger partial charge in [-0.1, -0.05) is 13.8 Å². The van der Waals surface area contributed by atoms with Crippen molar-refractivity contribution < 1.29 is 9.84 Å². The van der Waals surface area contributed by atoms with Crippen molar-refractivity contribution in [3.05, 3.63) is 24.3 Å². The Bertz CT molecular complexity index is 425. The van der Waals surface area contributed by atoms with Crippen molar-refractivity contribution in [1.29, 1.82) is 0 Å². The fraction of sp³-hybridized carbons (Fsp3) is 0.647. The second-order valence-corrected chi connectivity index (χ2v) is 6.70. The highest BCUT2D eigenvalue weighted by atomic mass is 16.5. The predicted octanol–water partition coefficient (Wildman–Crippen LogP) is 2.48. The average molecular weight is 292 g/mol. The van der Waals surface area contributed by atoms with Crippen LogP contribution in [-0.2, 0) is 4.74 Å². The van der Waals surface area contributed by atoms with Crippen molar-refractivity contribution in [2.75, 3.05) is 44.8 Å². The van der Waals surface area contributed by atoms with Gasteiger partial charge in [0.05, 0.1) is 6.61 Å². The molecule has 0 radical (unpaired) electrons. The number of ether oxygens (including phenoxy) is 1.